The van der Waals surface area contributed by atoms with E-state index in [0.717, 1.165) is 12.8 Å². The average molecular weight is 421 g/mol. The molecule has 1 saturated heterocycles. The van der Waals surface area contributed by atoms with E-state index in [1.165, 1.54) is 22.1 Å². The Balaban J connectivity index is 1.61. The highest BCUT2D eigenvalue weighted by molar-refractivity contribution is 5.82. The van der Waals surface area contributed by atoms with Crippen LogP contribution in [0.1, 0.15) is 31.9 Å². The van der Waals surface area contributed by atoms with Gasteiger partial charge in [-0.05, 0) is 12.8 Å². The molecule has 0 aromatic carbocycles. The largest absolute Gasteiger partial charge is 0.387 e. The van der Waals surface area contributed by atoms with Gasteiger partial charge in [0.05, 0.1) is 6.33 Å². The van der Waals surface area contributed by atoms with Crippen molar-refractivity contribution < 1.29 is 24.5 Å². The van der Waals surface area contributed by atoms with E-state index < -0.39 is 30.4 Å². The third kappa shape index (κ3) is 4.35. The Morgan fingerprint density at radius 3 is 2.73 bits per heavy atom. The van der Waals surface area contributed by atoms with Crippen molar-refractivity contribution in [2.24, 2.45) is 0 Å². The number of anilines is 1. The van der Waals surface area contributed by atoms with Crippen LogP contribution in [0.4, 0.5) is 5.82 Å². The van der Waals surface area contributed by atoms with Gasteiger partial charge in [0.2, 0.25) is 5.91 Å². The van der Waals surface area contributed by atoms with Gasteiger partial charge in [0.1, 0.15) is 24.1 Å². The van der Waals surface area contributed by atoms with Gasteiger partial charge in [-0.2, -0.15) is 0 Å². The molecule has 2 aromatic heterocycles. The van der Waals surface area contributed by atoms with Crippen LogP contribution in [0.25, 0.3) is 11.2 Å². The van der Waals surface area contributed by atoms with Crippen LogP contribution >= 0.6 is 0 Å². The number of hydrogen-bond donors (Lipinski definition) is 4. The fourth-order valence-corrected chi connectivity index (χ4v) is 3.41. The van der Waals surface area contributed by atoms with Crippen LogP contribution in [0.2, 0.25) is 0 Å². The smallest absolute Gasteiger partial charge is 0.254 e. The number of nitrogen functional groups attached to an aromatic ring is 1. The number of aliphatic hydroxyl groups excluding tert-OH is 2. The number of hydrogen-bond acceptors (Lipinski definition) is 9. The predicted molar refractivity (Wildman–Crippen MR) is 106 cm³/mol. The number of ether oxygens (including phenoxy) is 1. The second-order valence-electron chi connectivity index (χ2n) is 7.26. The minimum Gasteiger partial charge on any atom is -0.387 e. The maximum Gasteiger partial charge on any atom is 0.254 e. The van der Waals surface area contributed by atoms with Gasteiger partial charge < -0.3 is 30.9 Å². The molecule has 30 heavy (non-hydrogen) atoms. The summed E-state index contributed by atoms with van der Waals surface area (Å²) in [4.78, 5) is 37.5. The van der Waals surface area contributed by atoms with Crippen LogP contribution in [0.15, 0.2) is 12.7 Å². The number of unbranched alkanes of at least 4 members (excludes halogenated alkanes) is 2. The first-order valence-electron chi connectivity index (χ1n) is 9.75. The molecule has 0 spiro atoms. The molecule has 3 rings (SSSR count). The van der Waals surface area contributed by atoms with Crippen molar-refractivity contribution in [2.75, 3.05) is 26.4 Å². The van der Waals surface area contributed by atoms with Crippen LogP contribution in [0.5, 0.6) is 0 Å². The number of rotatable bonds is 8. The zero-order chi connectivity index (χ0) is 21.8. The summed E-state index contributed by atoms with van der Waals surface area (Å²) in [6.45, 7) is 0.442. The molecule has 0 saturated carbocycles. The zero-order valence-electron chi connectivity index (χ0n) is 16.9. The first-order valence-corrected chi connectivity index (χ1v) is 9.75. The summed E-state index contributed by atoms with van der Waals surface area (Å²) in [5.74, 6) is -0.273. The maximum atomic E-state index is 12.7. The Bertz CT molecular complexity index is 904. The molecule has 2 amide bonds. The summed E-state index contributed by atoms with van der Waals surface area (Å²) >= 11 is 0. The van der Waals surface area contributed by atoms with E-state index >= 15 is 0 Å². The Labute approximate surface area is 173 Å². The van der Waals surface area contributed by atoms with Crippen LogP contribution in [-0.2, 0) is 14.3 Å². The molecule has 164 valence electrons. The highest BCUT2D eigenvalue weighted by atomic mass is 16.6. The summed E-state index contributed by atoms with van der Waals surface area (Å²) in [6, 6.07) is 0. The number of nitrogens with two attached hydrogens (primary N) is 1. The molecule has 0 unspecified atom stereocenters. The van der Waals surface area contributed by atoms with Crippen molar-refractivity contribution in [2.45, 2.75) is 50.2 Å². The highest BCUT2D eigenvalue weighted by Gasteiger charge is 2.48. The molecule has 0 aliphatic carbocycles. The second-order valence-corrected chi connectivity index (χ2v) is 7.26. The van der Waals surface area contributed by atoms with Crippen molar-refractivity contribution in [3.63, 3.8) is 0 Å². The first kappa shape index (κ1) is 21.9. The normalized spacial score (nSPS) is 23.6. The lowest BCUT2D eigenvalue weighted by Gasteiger charge is -2.22. The molecule has 2 aromatic rings. The molecule has 0 bridgehead atoms. The van der Waals surface area contributed by atoms with E-state index in [1.807, 2.05) is 0 Å². The van der Waals surface area contributed by atoms with Gasteiger partial charge >= 0.3 is 0 Å². The summed E-state index contributed by atoms with van der Waals surface area (Å²) in [5.41, 5.74) is 6.44. The molecule has 12 nitrogen and oxygen atoms in total. The molecule has 5 N–H and O–H groups in total. The highest BCUT2D eigenvalue weighted by Crippen LogP contribution is 2.32. The molecule has 12 heteroatoms. The van der Waals surface area contributed by atoms with E-state index in [-0.39, 0.29) is 11.7 Å². The van der Waals surface area contributed by atoms with Crippen LogP contribution in [0.3, 0.4) is 0 Å². The number of aliphatic hydroxyl groups is 2. The topological polar surface area (TPSA) is 169 Å². The maximum absolute atomic E-state index is 12.7. The SMILES string of the molecule is CNC(=O)CCCCCN(C)C(=O)[C@H]1O[C@@H](n2cnc3c(N)ncnc32)[C@H](O)[C@@H]1O. The molecule has 1 fully saturated rings. The second kappa shape index (κ2) is 9.32. The number of imidazole rings is 1. The molecular formula is C18H27N7O5. The van der Waals surface area contributed by atoms with Gasteiger partial charge in [-0.3, -0.25) is 14.2 Å². The third-order valence-electron chi connectivity index (χ3n) is 5.20. The summed E-state index contributed by atoms with van der Waals surface area (Å²) < 4.78 is 7.14. The predicted octanol–water partition coefficient (Wildman–Crippen LogP) is -1.21. The quantitative estimate of drug-likeness (QED) is 0.382. The van der Waals surface area contributed by atoms with Crippen molar-refractivity contribution in [3.05, 3.63) is 12.7 Å². The van der Waals surface area contributed by atoms with E-state index in [1.54, 1.807) is 14.1 Å². The molecule has 1 aliphatic rings. The summed E-state index contributed by atoms with van der Waals surface area (Å²) in [6.07, 6.45) is 0.259. The van der Waals surface area contributed by atoms with Gasteiger partial charge in [0.25, 0.3) is 5.91 Å². The van der Waals surface area contributed by atoms with Crippen molar-refractivity contribution in [1.82, 2.24) is 29.7 Å². The van der Waals surface area contributed by atoms with Crippen LogP contribution in [-0.4, -0.2) is 85.4 Å². The number of fused-ring (bicyclic) bond motifs is 1. The monoisotopic (exact) mass is 421 g/mol. The van der Waals surface area contributed by atoms with Gasteiger partial charge in [0, 0.05) is 27.1 Å². The average Bonchev–Trinajstić information content (AvgIpc) is 3.29. The third-order valence-corrected chi connectivity index (χ3v) is 5.20. The Hall–Kier alpha value is -2.83. The van der Waals surface area contributed by atoms with E-state index in [0.29, 0.717) is 30.6 Å². The number of amides is 2. The Morgan fingerprint density at radius 1 is 1.23 bits per heavy atom. The van der Waals surface area contributed by atoms with Gasteiger partial charge in [-0.1, -0.05) is 6.42 Å². The number of carbonyl (C=O) groups is 2. The lowest BCUT2D eigenvalue weighted by Crippen LogP contribution is -2.43. The van der Waals surface area contributed by atoms with Crippen molar-refractivity contribution >= 4 is 28.8 Å². The molecular weight excluding hydrogens is 394 g/mol. The van der Waals surface area contributed by atoms with Crippen LogP contribution < -0.4 is 11.1 Å². The number of nitrogens with zero attached hydrogens (tertiary/aromatic N) is 5. The fourth-order valence-electron chi connectivity index (χ4n) is 3.41. The lowest BCUT2D eigenvalue weighted by molar-refractivity contribution is -0.147. The molecule has 4 atom stereocenters. The van der Waals surface area contributed by atoms with Gasteiger partial charge in [0.15, 0.2) is 23.8 Å². The Kier molecular flexibility index (Phi) is 6.80. The first-order chi connectivity index (χ1) is 14.3. The van der Waals surface area contributed by atoms with Crippen molar-refractivity contribution in [3.8, 4) is 0 Å². The number of carbonyl (C=O) groups excluding carboxylic acids is 2. The fraction of sp³-hybridized carbons (Fsp3) is 0.611. The summed E-state index contributed by atoms with van der Waals surface area (Å²) in [5, 5.41) is 23.5. The number of aromatic nitrogens is 4. The minimum atomic E-state index is -1.41. The number of nitrogens with one attached hydrogen (secondary N) is 1. The van der Waals surface area contributed by atoms with E-state index in [4.69, 9.17) is 10.5 Å². The molecule has 1 aliphatic heterocycles. The molecule has 3 heterocycles. The van der Waals surface area contributed by atoms with Crippen LogP contribution in [0, 0.1) is 0 Å². The van der Waals surface area contributed by atoms with Gasteiger partial charge in [-0.25, -0.2) is 15.0 Å². The van der Waals surface area contributed by atoms with Gasteiger partial charge in [-0.15, -0.1) is 0 Å². The lowest BCUT2D eigenvalue weighted by atomic mass is 10.1. The minimum absolute atomic E-state index is 0.0130. The standard InChI is InChI=1S/C18H27N7O5/c1-20-10(26)6-4-3-5-7-24(2)17(29)14-12(27)13(28)18(30-14)25-9-23-11-15(19)21-8-22-16(11)25/h8-9,12-14,18,27-28H,3-7H2,1-2H3,(H,20,26)(H2,19,21,22)/t12-,13+,14-,18+/m0/s1. The zero-order valence-corrected chi connectivity index (χ0v) is 16.9. The summed E-state index contributed by atoms with van der Waals surface area (Å²) in [7, 11) is 3.20. The van der Waals surface area contributed by atoms with Crippen molar-refractivity contribution in [1.29, 1.82) is 0 Å². The Morgan fingerprint density at radius 2 is 2.00 bits per heavy atom. The van der Waals surface area contributed by atoms with E-state index in [2.05, 4.69) is 20.3 Å². The molecule has 0 radical (unpaired) electrons. The van der Waals surface area contributed by atoms with E-state index in [9.17, 15) is 19.8 Å². The number of likely N-dealkylation sites (N-methyl/N-ethyl adjacent to an activating group) is 1.